The van der Waals surface area contributed by atoms with Crippen LogP contribution in [0.2, 0.25) is 0 Å². The van der Waals surface area contributed by atoms with Gasteiger partial charge in [0, 0.05) is 23.9 Å². The van der Waals surface area contributed by atoms with Crippen LogP contribution >= 0.6 is 0 Å². The van der Waals surface area contributed by atoms with Crippen LogP contribution in [0.4, 0.5) is 8.78 Å². The number of benzene rings is 1. The molecule has 7 atom stereocenters. The highest BCUT2D eigenvalue weighted by atomic mass is 19.1. The predicted octanol–water partition coefficient (Wildman–Crippen LogP) is 2.16. The van der Waals surface area contributed by atoms with Gasteiger partial charge < -0.3 is 24.6 Å². The van der Waals surface area contributed by atoms with Crippen LogP contribution in [0, 0.1) is 29.4 Å². The van der Waals surface area contributed by atoms with Crippen LogP contribution in [0.15, 0.2) is 29.2 Å². The molecule has 8 nitrogen and oxygen atoms in total. The molecule has 0 radical (unpaired) electrons. The zero-order valence-corrected chi connectivity index (χ0v) is 18.5. The molecule has 2 unspecified atom stereocenters. The van der Waals surface area contributed by atoms with Gasteiger partial charge in [-0.25, -0.2) is 8.78 Å². The molecule has 4 aliphatic rings. The number of nitrogens with zero attached hydrogens (tertiary/aromatic N) is 2. The lowest BCUT2D eigenvalue weighted by atomic mass is 10.00. The fourth-order valence-corrected chi connectivity index (χ4v) is 6.29. The Balaban J connectivity index is 1.31. The van der Waals surface area contributed by atoms with Gasteiger partial charge in [-0.2, -0.15) is 0 Å². The SMILES string of the molecule is C[C@H]1[C@H]2C3CC([C@@H]12)N1C(=O)c2c(O)c(=O)c(C(=O)N[C@H](C)c4ccc(F)cc4F)cn2C[C@@H]1O3. The molecule has 2 bridgehead atoms. The number of carbonyl (C=O) groups excluding carboxylic acids is 2. The summed E-state index contributed by atoms with van der Waals surface area (Å²) in [4.78, 5) is 40.7. The summed E-state index contributed by atoms with van der Waals surface area (Å²) in [6.45, 7) is 3.81. The quantitative estimate of drug-likeness (QED) is 0.715. The van der Waals surface area contributed by atoms with Gasteiger partial charge >= 0.3 is 0 Å². The number of aromatic hydroxyl groups is 1. The molecule has 2 aliphatic heterocycles. The molecule has 2 amide bonds. The van der Waals surface area contributed by atoms with Crippen molar-refractivity contribution in [3.05, 3.63) is 63.1 Å². The van der Waals surface area contributed by atoms with Crippen molar-refractivity contribution < 1.29 is 28.2 Å². The van der Waals surface area contributed by atoms with Crippen molar-refractivity contribution >= 4 is 11.8 Å². The van der Waals surface area contributed by atoms with Gasteiger partial charge in [-0.05, 0) is 37.2 Å². The number of fused-ring (bicyclic) bond motifs is 8. The molecule has 2 aromatic rings. The minimum atomic E-state index is -0.984. The van der Waals surface area contributed by atoms with E-state index in [0.717, 1.165) is 12.5 Å². The number of aromatic nitrogens is 1. The van der Waals surface area contributed by atoms with Gasteiger partial charge in [-0.1, -0.05) is 13.0 Å². The van der Waals surface area contributed by atoms with E-state index in [0.29, 0.717) is 23.8 Å². The number of amides is 2. The normalized spacial score (nSPS) is 31.4. The minimum absolute atomic E-state index is 0.0222. The topological polar surface area (TPSA) is 101 Å². The zero-order chi connectivity index (χ0) is 24.0. The van der Waals surface area contributed by atoms with Gasteiger partial charge in [0.2, 0.25) is 5.43 Å². The molecule has 178 valence electrons. The monoisotopic (exact) mass is 471 g/mol. The lowest BCUT2D eigenvalue weighted by molar-refractivity contribution is -0.147. The summed E-state index contributed by atoms with van der Waals surface area (Å²) in [5, 5.41) is 13.2. The maximum Gasteiger partial charge on any atom is 0.276 e. The van der Waals surface area contributed by atoms with E-state index in [9.17, 15) is 28.3 Å². The summed E-state index contributed by atoms with van der Waals surface area (Å²) in [6.07, 6.45) is 1.54. The first kappa shape index (κ1) is 21.3. The summed E-state index contributed by atoms with van der Waals surface area (Å²) >= 11 is 0. The second-order valence-corrected chi connectivity index (χ2v) is 9.74. The molecule has 1 saturated heterocycles. The van der Waals surface area contributed by atoms with Crippen LogP contribution in [0.25, 0.3) is 0 Å². The smallest absolute Gasteiger partial charge is 0.276 e. The number of pyridine rings is 1. The molecule has 6 rings (SSSR count). The Morgan fingerprint density at radius 2 is 2.03 bits per heavy atom. The van der Waals surface area contributed by atoms with E-state index in [-0.39, 0.29) is 35.5 Å². The molecule has 3 heterocycles. The van der Waals surface area contributed by atoms with Crippen molar-refractivity contribution in [1.29, 1.82) is 0 Å². The molecular formula is C24H23F2N3O5. The Kier molecular flexibility index (Phi) is 4.45. The number of nitrogens with one attached hydrogen (secondary N) is 1. The Bertz CT molecular complexity index is 1310. The van der Waals surface area contributed by atoms with Gasteiger partial charge in [0.1, 0.15) is 17.2 Å². The standard InChI is InChI=1S/C24H23F2N3O5/c1-9-18-15-6-16(19(9)18)34-17-8-28-7-13(21(30)22(31)20(28)24(33)29(15)17)23(32)27-10(2)12-4-3-11(25)5-14(12)26/h3-5,7,9-10,15-19,31H,6,8H2,1-2H3,(H,27,32)/t9-,10-,15?,16?,17+,18-,19+/m1/s1. The number of rotatable bonds is 3. The zero-order valence-electron chi connectivity index (χ0n) is 18.5. The fraction of sp³-hybridized carbons (Fsp3) is 0.458. The molecule has 0 spiro atoms. The summed E-state index contributed by atoms with van der Waals surface area (Å²) < 4.78 is 34.9. The van der Waals surface area contributed by atoms with E-state index in [1.807, 2.05) is 0 Å². The van der Waals surface area contributed by atoms with Crippen molar-refractivity contribution in [3.63, 3.8) is 0 Å². The first-order chi connectivity index (χ1) is 16.2. The maximum atomic E-state index is 14.1. The summed E-state index contributed by atoms with van der Waals surface area (Å²) in [5.74, 6) is -2.43. The summed E-state index contributed by atoms with van der Waals surface area (Å²) in [5.41, 5.74) is -1.48. The maximum absolute atomic E-state index is 14.1. The lowest BCUT2D eigenvalue weighted by Gasteiger charge is -2.46. The molecule has 2 N–H and O–H groups in total. The lowest BCUT2D eigenvalue weighted by Crippen LogP contribution is -2.58. The van der Waals surface area contributed by atoms with Crippen molar-refractivity contribution in [2.45, 2.75) is 51.2 Å². The first-order valence-corrected chi connectivity index (χ1v) is 11.4. The first-order valence-electron chi connectivity index (χ1n) is 11.4. The number of hydrogen-bond donors (Lipinski definition) is 2. The summed E-state index contributed by atoms with van der Waals surface area (Å²) in [7, 11) is 0. The van der Waals surface area contributed by atoms with E-state index in [1.54, 1.807) is 4.90 Å². The van der Waals surface area contributed by atoms with Crippen LogP contribution < -0.4 is 10.7 Å². The van der Waals surface area contributed by atoms with Gasteiger partial charge in [0.05, 0.1) is 18.7 Å². The second-order valence-electron chi connectivity index (χ2n) is 9.74. The third kappa shape index (κ3) is 2.87. The Morgan fingerprint density at radius 3 is 2.76 bits per heavy atom. The molecule has 1 aromatic carbocycles. The van der Waals surface area contributed by atoms with Crippen LogP contribution in [-0.4, -0.2) is 44.8 Å². The predicted molar refractivity (Wildman–Crippen MR) is 114 cm³/mol. The van der Waals surface area contributed by atoms with E-state index in [2.05, 4.69) is 12.2 Å². The van der Waals surface area contributed by atoms with Gasteiger partial charge in [0.15, 0.2) is 17.7 Å². The van der Waals surface area contributed by atoms with Crippen molar-refractivity contribution in [2.24, 2.45) is 17.8 Å². The third-order valence-electron chi connectivity index (χ3n) is 7.93. The summed E-state index contributed by atoms with van der Waals surface area (Å²) in [6, 6.07) is 2.13. The molecular weight excluding hydrogens is 448 g/mol. The Hall–Kier alpha value is -3.27. The van der Waals surface area contributed by atoms with Gasteiger partial charge in [-0.15, -0.1) is 0 Å². The second kappa shape index (κ2) is 7.11. The molecule has 10 heteroatoms. The van der Waals surface area contributed by atoms with Crippen molar-refractivity contribution in [1.82, 2.24) is 14.8 Å². The molecule has 2 aliphatic carbocycles. The highest BCUT2D eigenvalue weighted by molar-refractivity contribution is 5.99. The van der Waals surface area contributed by atoms with Gasteiger partial charge in [-0.3, -0.25) is 14.4 Å². The van der Waals surface area contributed by atoms with Crippen molar-refractivity contribution in [3.8, 4) is 5.75 Å². The molecule has 3 fully saturated rings. The average molecular weight is 471 g/mol. The number of carbonyl (C=O) groups is 2. The minimum Gasteiger partial charge on any atom is -0.503 e. The number of halogens is 2. The van der Waals surface area contributed by atoms with Crippen molar-refractivity contribution in [2.75, 3.05) is 0 Å². The van der Waals surface area contributed by atoms with E-state index in [1.165, 1.54) is 23.8 Å². The van der Waals surface area contributed by atoms with Crippen LogP contribution in [0.1, 0.15) is 52.7 Å². The van der Waals surface area contributed by atoms with E-state index >= 15 is 0 Å². The van der Waals surface area contributed by atoms with Crippen LogP contribution in [-0.2, 0) is 11.3 Å². The van der Waals surface area contributed by atoms with Crippen LogP contribution in [0.5, 0.6) is 5.75 Å². The molecule has 34 heavy (non-hydrogen) atoms. The Morgan fingerprint density at radius 1 is 1.26 bits per heavy atom. The highest BCUT2D eigenvalue weighted by Gasteiger charge is 2.67. The number of ether oxygens (including phenoxy) is 1. The molecule has 2 saturated carbocycles. The van der Waals surface area contributed by atoms with Crippen LogP contribution in [0.3, 0.4) is 0 Å². The fourth-order valence-electron chi connectivity index (χ4n) is 6.29. The van der Waals surface area contributed by atoms with Gasteiger partial charge in [0.25, 0.3) is 11.8 Å². The average Bonchev–Trinajstić information content (AvgIpc) is 3.35. The molecule has 1 aromatic heterocycles. The Labute approximate surface area is 193 Å². The largest absolute Gasteiger partial charge is 0.503 e. The van der Waals surface area contributed by atoms with E-state index in [4.69, 9.17) is 4.74 Å². The highest BCUT2D eigenvalue weighted by Crippen LogP contribution is 2.62. The third-order valence-corrected chi connectivity index (χ3v) is 7.93. The number of hydrogen-bond acceptors (Lipinski definition) is 5. The van der Waals surface area contributed by atoms with E-state index < -0.39 is 46.9 Å².